The average molecular weight is 299 g/mol. The van der Waals surface area contributed by atoms with Crippen LogP contribution in [-0.4, -0.2) is 20.0 Å². The second-order valence-electron chi connectivity index (χ2n) is 4.18. The van der Waals surface area contributed by atoms with Gasteiger partial charge in [-0.05, 0) is 34.8 Å². The van der Waals surface area contributed by atoms with Crippen LogP contribution in [-0.2, 0) is 0 Å². The Bertz CT molecular complexity index is 439. The van der Waals surface area contributed by atoms with Crippen molar-refractivity contribution in [3.05, 3.63) is 22.2 Å². The first kappa shape index (κ1) is 12.4. The summed E-state index contributed by atoms with van der Waals surface area (Å²) in [6.45, 7) is 0. The normalized spacial score (nSPS) is 15.2. The fraction of sp³-hybridized carbons (Fsp3) is 0.462. The van der Waals surface area contributed by atoms with Crippen molar-refractivity contribution >= 4 is 21.7 Å². The van der Waals surface area contributed by atoms with Gasteiger partial charge in [0.25, 0.3) is 0 Å². The van der Waals surface area contributed by atoms with E-state index in [1.165, 1.54) is 0 Å². The number of methoxy groups -OCH3 is 2. The van der Waals surface area contributed by atoms with Crippen molar-refractivity contribution in [3.8, 4) is 11.5 Å². The number of carbonyl (C=O) groups is 1. The van der Waals surface area contributed by atoms with Gasteiger partial charge in [-0.25, -0.2) is 0 Å². The van der Waals surface area contributed by atoms with Crippen LogP contribution in [0.25, 0.3) is 0 Å². The van der Waals surface area contributed by atoms with E-state index >= 15 is 0 Å². The van der Waals surface area contributed by atoms with Crippen molar-refractivity contribution in [1.29, 1.82) is 0 Å². The van der Waals surface area contributed by atoms with Gasteiger partial charge in [0.15, 0.2) is 5.78 Å². The molecule has 4 heteroatoms. The molecule has 0 N–H and O–H groups in total. The van der Waals surface area contributed by atoms with Gasteiger partial charge in [-0.2, -0.15) is 0 Å². The highest BCUT2D eigenvalue weighted by Crippen LogP contribution is 2.38. The van der Waals surface area contributed by atoms with Gasteiger partial charge >= 0.3 is 0 Å². The van der Waals surface area contributed by atoms with Gasteiger partial charge in [-0.15, -0.1) is 0 Å². The minimum Gasteiger partial charge on any atom is -0.497 e. The highest BCUT2D eigenvalue weighted by atomic mass is 79.9. The van der Waals surface area contributed by atoms with E-state index in [4.69, 9.17) is 9.47 Å². The molecule has 0 unspecified atom stereocenters. The maximum atomic E-state index is 12.3. The van der Waals surface area contributed by atoms with Crippen LogP contribution in [0.1, 0.15) is 29.6 Å². The summed E-state index contributed by atoms with van der Waals surface area (Å²) in [7, 11) is 3.16. The molecule has 17 heavy (non-hydrogen) atoms. The topological polar surface area (TPSA) is 35.5 Å². The fourth-order valence-corrected chi connectivity index (χ4v) is 2.57. The molecule has 1 aliphatic rings. The molecular weight excluding hydrogens is 284 g/mol. The molecule has 0 heterocycles. The third kappa shape index (κ3) is 2.32. The summed E-state index contributed by atoms with van der Waals surface area (Å²) in [6.07, 6.45) is 3.12. The van der Waals surface area contributed by atoms with Gasteiger partial charge < -0.3 is 9.47 Å². The molecule has 0 amide bonds. The summed E-state index contributed by atoms with van der Waals surface area (Å²) in [5, 5.41) is 0. The molecule has 92 valence electrons. The zero-order valence-electron chi connectivity index (χ0n) is 9.96. The molecule has 2 rings (SSSR count). The summed E-state index contributed by atoms with van der Waals surface area (Å²) < 4.78 is 11.2. The van der Waals surface area contributed by atoms with Gasteiger partial charge in [0, 0.05) is 16.5 Å². The van der Waals surface area contributed by atoms with E-state index in [0.717, 1.165) is 23.7 Å². The van der Waals surface area contributed by atoms with Gasteiger partial charge in [-0.1, -0.05) is 6.42 Å². The van der Waals surface area contributed by atoms with Gasteiger partial charge in [0.1, 0.15) is 11.5 Å². The van der Waals surface area contributed by atoms with E-state index < -0.39 is 0 Å². The van der Waals surface area contributed by atoms with Crippen LogP contribution in [0.3, 0.4) is 0 Å². The number of benzene rings is 1. The Kier molecular flexibility index (Phi) is 3.72. The molecule has 1 aromatic carbocycles. The molecule has 1 saturated carbocycles. The van der Waals surface area contributed by atoms with Crippen LogP contribution in [0.4, 0.5) is 0 Å². The lowest BCUT2D eigenvalue weighted by Gasteiger charge is -2.25. The van der Waals surface area contributed by atoms with E-state index in [1.807, 2.05) is 0 Å². The van der Waals surface area contributed by atoms with E-state index in [9.17, 15) is 4.79 Å². The number of rotatable bonds is 4. The van der Waals surface area contributed by atoms with Crippen molar-refractivity contribution in [3.63, 3.8) is 0 Å². The van der Waals surface area contributed by atoms with Crippen LogP contribution >= 0.6 is 15.9 Å². The third-order valence-corrected chi connectivity index (χ3v) is 3.83. The second kappa shape index (κ2) is 5.08. The van der Waals surface area contributed by atoms with E-state index in [2.05, 4.69) is 15.9 Å². The Morgan fingerprint density at radius 1 is 1.29 bits per heavy atom. The Morgan fingerprint density at radius 2 is 2.00 bits per heavy atom. The zero-order chi connectivity index (χ0) is 12.4. The molecule has 0 atom stereocenters. The van der Waals surface area contributed by atoms with Gasteiger partial charge in [-0.3, -0.25) is 4.79 Å². The summed E-state index contributed by atoms with van der Waals surface area (Å²) in [5.74, 6) is 1.59. The summed E-state index contributed by atoms with van der Waals surface area (Å²) >= 11 is 3.42. The van der Waals surface area contributed by atoms with Crippen LogP contribution in [0.5, 0.6) is 11.5 Å². The van der Waals surface area contributed by atoms with Crippen LogP contribution in [0.15, 0.2) is 16.6 Å². The molecule has 1 aliphatic carbocycles. The first-order valence-electron chi connectivity index (χ1n) is 5.63. The van der Waals surface area contributed by atoms with Gasteiger partial charge in [0.2, 0.25) is 0 Å². The number of Topliss-reactive ketones (excluding diaryl/α,β-unsaturated/α-hetero) is 1. The zero-order valence-corrected chi connectivity index (χ0v) is 11.5. The number of halogens is 1. The molecule has 1 aromatic rings. The highest BCUT2D eigenvalue weighted by molar-refractivity contribution is 9.10. The molecule has 0 aliphatic heterocycles. The van der Waals surface area contributed by atoms with Crippen molar-refractivity contribution in [2.24, 2.45) is 5.92 Å². The summed E-state index contributed by atoms with van der Waals surface area (Å²) in [5.41, 5.74) is 0.637. The monoisotopic (exact) mass is 298 g/mol. The van der Waals surface area contributed by atoms with Crippen molar-refractivity contribution in [1.82, 2.24) is 0 Å². The molecule has 0 spiro atoms. The Labute approximate surface area is 109 Å². The molecule has 0 saturated heterocycles. The fourth-order valence-electron chi connectivity index (χ4n) is 1.95. The van der Waals surface area contributed by atoms with Crippen molar-refractivity contribution in [2.75, 3.05) is 14.2 Å². The molecule has 0 radical (unpaired) electrons. The minimum absolute atomic E-state index is 0.161. The van der Waals surface area contributed by atoms with Crippen molar-refractivity contribution < 1.29 is 14.3 Å². The maximum Gasteiger partial charge on any atom is 0.170 e. The number of hydrogen-bond donors (Lipinski definition) is 0. The molecule has 3 nitrogen and oxygen atoms in total. The first-order valence-corrected chi connectivity index (χ1v) is 6.42. The quantitative estimate of drug-likeness (QED) is 0.799. The predicted molar refractivity (Wildman–Crippen MR) is 68.9 cm³/mol. The van der Waals surface area contributed by atoms with Crippen LogP contribution in [0, 0.1) is 5.92 Å². The minimum atomic E-state index is 0.161. The molecule has 0 bridgehead atoms. The standard InChI is InChI=1S/C13H15BrO3/c1-16-9-6-10(14)12(11(7-9)17-2)13(15)8-4-3-5-8/h6-8H,3-5H2,1-2H3. The second-order valence-corrected chi connectivity index (χ2v) is 5.03. The lowest BCUT2D eigenvalue weighted by molar-refractivity contribution is 0.0851. The number of ether oxygens (including phenoxy) is 2. The van der Waals surface area contributed by atoms with Crippen LogP contribution < -0.4 is 9.47 Å². The first-order chi connectivity index (χ1) is 8.17. The van der Waals surface area contributed by atoms with Crippen LogP contribution in [0.2, 0.25) is 0 Å². The van der Waals surface area contributed by atoms with E-state index in [0.29, 0.717) is 17.1 Å². The summed E-state index contributed by atoms with van der Waals surface area (Å²) in [4.78, 5) is 12.3. The number of carbonyl (C=O) groups excluding carboxylic acids is 1. The van der Waals surface area contributed by atoms with Gasteiger partial charge in [0.05, 0.1) is 19.8 Å². The van der Waals surface area contributed by atoms with Crippen molar-refractivity contribution in [2.45, 2.75) is 19.3 Å². The highest BCUT2D eigenvalue weighted by Gasteiger charge is 2.30. The Hall–Kier alpha value is -1.03. The summed E-state index contributed by atoms with van der Waals surface area (Å²) in [6, 6.07) is 3.55. The molecular formula is C13H15BrO3. The lowest BCUT2D eigenvalue weighted by atomic mass is 9.80. The SMILES string of the molecule is COc1cc(Br)c(C(=O)C2CCC2)c(OC)c1. The predicted octanol–water partition coefficient (Wildman–Crippen LogP) is 3.45. The smallest absolute Gasteiger partial charge is 0.170 e. The Morgan fingerprint density at radius 3 is 2.47 bits per heavy atom. The van der Waals surface area contributed by atoms with E-state index in [-0.39, 0.29) is 11.7 Å². The largest absolute Gasteiger partial charge is 0.497 e. The third-order valence-electron chi connectivity index (χ3n) is 3.21. The lowest BCUT2D eigenvalue weighted by Crippen LogP contribution is -2.22. The number of ketones is 1. The maximum absolute atomic E-state index is 12.3. The molecule has 1 fully saturated rings. The number of hydrogen-bond acceptors (Lipinski definition) is 3. The van der Waals surface area contributed by atoms with E-state index in [1.54, 1.807) is 26.4 Å². The average Bonchev–Trinajstić information content (AvgIpc) is 2.25. The Balaban J connectivity index is 2.40. The molecule has 0 aromatic heterocycles.